The minimum atomic E-state index is -0.0699. The number of carbonyl (C=O) groups is 1. The van der Waals surface area contributed by atoms with E-state index in [4.69, 9.17) is 9.47 Å². The number of nitrogens with zero attached hydrogens (tertiary/aromatic N) is 2. The van der Waals surface area contributed by atoms with Crippen molar-refractivity contribution in [3.63, 3.8) is 0 Å². The molecular formula is C23H30N2O3S. The van der Waals surface area contributed by atoms with E-state index in [0.717, 1.165) is 43.9 Å². The number of thiophene rings is 1. The molecular weight excluding hydrogens is 384 g/mol. The van der Waals surface area contributed by atoms with Crippen molar-refractivity contribution in [2.45, 2.75) is 51.2 Å². The quantitative estimate of drug-likeness (QED) is 0.738. The summed E-state index contributed by atoms with van der Waals surface area (Å²) in [6.45, 7) is 5.96. The van der Waals surface area contributed by atoms with Gasteiger partial charge in [-0.05, 0) is 67.8 Å². The molecule has 2 atom stereocenters. The molecule has 0 spiro atoms. The molecule has 2 aliphatic heterocycles. The van der Waals surface area contributed by atoms with E-state index in [0.29, 0.717) is 0 Å². The van der Waals surface area contributed by atoms with Gasteiger partial charge in [0.25, 0.3) is 0 Å². The predicted octanol–water partition coefficient (Wildman–Crippen LogP) is 4.11. The number of hydrogen-bond donors (Lipinski definition) is 0. The van der Waals surface area contributed by atoms with E-state index in [9.17, 15) is 4.79 Å². The van der Waals surface area contributed by atoms with Crippen LogP contribution in [0.15, 0.2) is 29.6 Å². The molecule has 1 aromatic carbocycles. The van der Waals surface area contributed by atoms with Gasteiger partial charge in [0.1, 0.15) is 0 Å². The summed E-state index contributed by atoms with van der Waals surface area (Å²) >= 11 is 1.75. The van der Waals surface area contributed by atoms with Crippen molar-refractivity contribution in [2.75, 3.05) is 27.3 Å². The molecule has 0 saturated carbocycles. The van der Waals surface area contributed by atoms with Gasteiger partial charge in [0.2, 0.25) is 5.91 Å². The second-order valence-corrected chi connectivity index (χ2v) is 9.07. The van der Waals surface area contributed by atoms with Crippen LogP contribution in [-0.2, 0) is 11.2 Å². The molecule has 0 radical (unpaired) electrons. The van der Waals surface area contributed by atoms with Crippen molar-refractivity contribution in [2.24, 2.45) is 0 Å². The third-order valence-corrected chi connectivity index (χ3v) is 7.12. The lowest BCUT2D eigenvalue weighted by molar-refractivity contribution is -0.143. The second-order valence-electron chi connectivity index (χ2n) is 8.10. The van der Waals surface area contributed by atoms with Gasteiger partial charge in [0, 0.05) is 24.0 Å². The third kappa shape index (κ3) is 3.64. The highest BCUT2D eigenvalue weighted by Crippen LogP contribution is 2.44. The number of methoxy groups -OCH3 is 2. The van der Waals surface area contributed by atoms with Gasteiger partial charge in [0.05, 0.1) is 26.3 Å². The number of rotatable bonds is 5. The SMILES string of the molecule is COc1cc2c(cc1OC)C(c1cccs1)N(C1CCCN(C(C)C)C1=O)CC2. The summed E-state index contributed by atoms with van der Waals surface area (Å²) in [6, 6.07) is 8.73. The molecule has 1 fully saturated rings. The first-order valence-electron chi connectivity index (χ1n) is 10.4. The largest absolute Gasteiger partial charge is 0.493 e. The molecule has 0 aliphatic carbocycles. The Balaban J connectivity index is 1.77. The van der Waals surface area contributed by atoms with Crippen molar-refractivity contribution < 1.29 is 14.3 Å². The van der Waals surface area contributed by atoms with E-state index in [2.05, 4.69) is 48.4 Å². The topological polar surface area (TPSA) is 42.0 Å². The molecule has 1 aromatic heterocycles. The Bertz CT molecular complexity index is 865. The molecule has 3 heterocycles. The first kappa shape index (κ1) is 20.2. The molecule has 2 aromatic rings. The second kappa shape index (κ2) is 8.36. The van der Waals surface area contributed by atoms with E-state index in [1.165, 1.54) is 16.0 Å². The number of benzene rings is 1. The first-order valence-corrected chi connectivity index (χ1v) is 11.3. The maximum absolute atomic E-state index is 13.4. The molecule has 29 heavy (non-hydrogen) atoms. The van der Waals surface area contributed by atoms with Crippen molar-refractivity contribution in [3.8, 4) is 11.5 Å². The first-order chi connectivity index (χ1) is 14.0. The number of likely N-dealkylation sites (tertiary alicyclic amines) is 1. The van der Waals surface area contributed by atoms with Crippen LogP contribution < -0.4 is 9.47 Å². The molecule has 1 amide bonds. The number of carbonyl (C=O) groups excluding carboxylic acids is 1. The molecule has 5 nitrogen and oxygen atoms in total. The lowest BCUT2D eigenvalue weighted by Crippen LogP contribution is -2.56. The Kier molecular flexibility index (Phi) is 5.83. The molecule has 2 unspecified atom stereocenters. The molecule has 0 bridgehead atoms. The maximum atomic E-state index is 13.4. The molecule has 156 valence electrons. The van der Waals surface area contributed by atoms with Crippen LogP contribution >= 0.6 is 11.3 Å². The molecule has 0 N–H and O–H groups in total. The highest BCUT2D eigenvalue weighted by atomic mass is 32.1. The zero-order valence-electron chi connectivity index (χ0n) is 17.7. The van der Waals surface area contributed by atoms with Crippen LogP contribution in [0.4, 0.5) is 0 Å². The standard InChI is InChI=1S/C23H30N2O3S/c1-15(2)24-10-5-7-18(23(24)26)25-11-9-16-13-19(27-3)20(28-4)14-17(16)22(25)21-8-6-12-29-21/h6,8,12-15,18,22H,5,7,9-11H2,1-4H3. The summed E-state index contributed by atoms with van der Waals surface area (Å²) in [4.78, 5) is 19.1. The highest BCUT2D eigenvalue weighted by molar-refractivity contribution is 7.10. The normalized spacial score (nSPS) is 22.7. The van der Waals surface area contributed by atoms with E-state index in [1.54, 1.807) is 25.6 Å². The number of hydrogen-bond acceptors (Lipinski definition) is 5. The Morgan fingerprint density at radius 3 is 2.55 bits per heavy atom. The van der Waals surface area contributed by atoms with Crippen LogP contribution in [0.3, 0.4) is 0 Å². The molecule has 4 rings (SSSR count). The smallest absolute Gasteiger partial charge is 0.240 e. The van der Waals surface area contributed by atoms with Crippen molar-refractivity contribution in [1.82, 2.24) is 9.80 Å². The van der Waals surface area contributed by atoms with Crippen LogP contribution in [0.2, 0.25) is 0 Å². The van der Waals surface area contributed by atoms with Gasteiger partial charge in [0.15, 0.2) is 11.5 Å². The summed E-state index contributed by atoms with van der Waals surface area (Å²) in [6.07, 6.45) is 2.89. The summed E-state index contributed by atoms with van der Waals surface area (Å²) in [5.41, 5.74) is 2.51. The van der Waals surface area contributed by atoms with Crippen LogP contribution in [0.5, 0.6) is 11.5 Å². The van der Waals surface area contributed by atoms with Crippen LogP contribution in [0, 0.1) is 0 Å². The average molecular weight is 415 g/mol. The van der Waals surface area contributed by atoms with Crippen LogP contribution in [0.1, 0.15) is 48.7 Å². The van der Waals surface area contributed by atoms with Gasteiger partial charge in [-0.25, -0.2) is 0 Å². The fourth-order valence-corrected chi connectivity index (χ4v) is 5.63. The fourth-order valence-electron chi connectivity index (χ4n) is 4.76. The van der Waals surface area contributed by atoms with Crippen LogP contribution in [0.25, 0.3) is 0 Å². The zero-order valence-corrected chi connectivity index (χ0v) is 18.5. The zero-order chi connectivity index (χ0) is 20.5. The lowest BCUT2D eigenvalue weighted by Gasteiger charge is -2.45. The Morgan fingerprint density at radius 1 is 1.14 bits per heavy atom. The number of amides is 1. The average Bonchev–Trinajstić information content (AvgIpc) is 3.26. The summed E-state index contributed by atoms with van der Waals surface area (Å²) < 4.78 is 11.1. The molecule has 1 saturated heterocycles. The summed E-state index contributed by atoms with van der Waals surface area (Å²) in [5, 5.41) is 2.12. The van der Waals surface area contributed by atoms with Gasteiger partial charge < -0.3 is 14.4 Å². The Labute approximate surface area is 177 Å². The predicted molar refractivity (Wildman–Crippen MR) is 116 cm³/mol. The van der Waals surface area contributed by atoms with E-state index >= 15 is 0 Å². The van der Waals surface area contributed by atoms with Gasteiger partial charge >= 0.3 is 0 Å². The Morgan fingerprint density at radius 2 is 1.90 bits per heavy atom. The molecule has 6 heteroatoms. The van der Waals surface area contributed by atoms with Crippen LogP contribution in [-0.4, -0.2) is 55.1 Å². The third-order valence-electron chi connectivity index (χ3n) is 6.19. The van der Waals surface area contributed by atoms with E-state index in [-0.39, 0.29) is 24.0 Å². The van der Waals surface area contributed by atoms with Gasteiger partial charge in [-0.3, -0.25) is 9.69 Å². The van der Waals surface area contributed by atoms with E-state index in [1.807, 2.05) is 4.90 Å². The number of ether oxygens (including phenoxy) is 2. The minimum Gasteiger partial charge on any atom is -0.493 e. The fraction of sp³-hybridized carbons (Fsp3) is 0.522. The number of fused-ring (bicyclic) bond motifs is 1. The van der Waals surface area contributed by atoms with Crippen molar-refractivity contribution >= 4 is 17.2 Å². The van der Waals surface area contributed by atoms with E-state index < -0.39 is 0 Å². The highest BCUT2D eigenvalue weighted by Gasteiger charge is 2.41. The number of piperidine rings is 1. The van der Waals surface area contributed by atoms with Gasteiger partial charge in [-0.1, -0.05) is 6.07 Å². The van der Waals surface area contributed by atoms with Gasteiger partial charge in [-0.15, -0.1) is 11.3 Å². The Hall–Kier alpha value is -2.05. The van der Waals surface area contributed by atoms with Crippen molar-refractivity contribution in [1.29, 1.82) is 0 Å². The monoisotopic (exact) mass is 414 g/mol. The summed E-state index contributed by atoms with van der Waals surface area (Å²) in [5.74, 6) is 1.79. The molecule has 2 aliphatic rings. The minimum absolute atomic E-state index is 0.0691. The lowest BCUT2D eigenvalue weighted by atomic mass is 9.88. The van der Waals surface area contributed by atoms with Crippen molar-refractivity contribution in [3.05, 3.63) is 45.6 Å². The van der Waals surface area contributed by atoms with Gasteiger partial charge in [-0.2, -0.15) is 0 Å². The maximum Gasteiger partial charge on any atom is 0.240 e. The summed E-state index contributed by atoms with van der Waals surface area (Å²) in [7, 11) is 3.35.